The molecule has 0 saturated heterocycles. The molecule has 0 spiro atoms. The van der Waals surface area contributed by atoms with Crippen molar-refractivity contribution in [2.45, 2.75) is 6.92 Å². The summed E-state index contributed by atoms with van der Waals surface area (Å²) in [6, 6.07) is 0. The van der Waals surface area contributed by atoms with Gasteiger partial charge >= 0.3 is 0 Å². The van der Waals surface area contributed by atoms with E-state index in [2.05, 4.69) is 5.32 Å². The first-order valence-corrected chi connectivity index (χ1v) is 5.87. The van der Waals surface area contributed by atoms with Gasteiger partial charge in [0.1, 0.15) is 0 Å². The summed E-state index contributed by atoms with van der Waals surface area (Å²) in [5.41, 5.74) is 0.957. The Balaban J connectivity index is 3.95. The van der Waals surface area contributed by atoms with E-state index in [0.29, 0.717) is 0 Å². The van der Waals surface area contributed by atoms with E-state index in [1.807, 2.05) is 6.92 Å². The van der Waals surface area contributed by atoms with Crippen molar-refractivity contribution in [2.24, 2.45) is 0 Å². The predicted molar refractivity (Wildman–Crippen MR) is 51.6 cm³/mol. The molecule has 0 saturated carbocycles. The monoisotopic (exact) mass is 209 g/mol. The van der Waals surface area contributed by atoms with E-state index in [1.165, 1.54) is 6.08 Å². The fraction of sp³-hybridized carbons (Fsp3) is 0.429. The molecule has 0 aliphatic heterocycles. The first kappa shape index (κ1) is 11.5. The van der Waals surface area contributed by atoms with Crippen LogP contribution in [0.15, 0.2) is 23.9 Å². The Kier molecular flexibility index (Phi) is 5.01. The van der Waals surface area contributed by atoms with Crippen LogP contribution in [0.1, 0.15) is 6.92 Å². The molecule has 5 heteroatoms. The van der Waals surface area contributed by atoms with Gasteiger partial charge in [-0.2, -0.15) is 0 Å². The van der Waals surface area contributed by atoms with Crippen LogP contribution in [0, 0.1) is 0 Å². The third-order valence-corrected chi connectivity index (χ3v) is 2.14. The van der Waals surface area contributed by atoms with Crippen molar-refractivity contribution in [1.29, 1.82) is 0 Å². The number of rotatable bonds is 4. The lowest BCUT2D eigenvalue weighted by atomic mass is 10.4. The van der Waals surface area contributed by atoms with Crippen molar-refractivity contribution < 1.29 is 8.42 Å². The van der Waals surface area contributed by atoms with Gasteiger partial charge in [-0.05, 0) is 13.0 Å². The van der Waals surface area contributed by atoms with Crippen molar-refractivity contribution in [3.63, 3.8) is 0 Å². The van der Waals surface area contributed by atoms with Gasteiger partial charge in [0.2, 0.25) is 9.05 Å². The number of hydrogen-bond acceptors (Lipinski definition) is 3. The van der Waals surface area contributed by atoms with Crippen molar-refractivity contribution in [1.82, 2.24) is 5.32 Å². The second-order valence-corrected chi connectivity index (χ2v) is 5.05. The molecule has 0 aromatic carbocycles. The molecule has 0 atom stereocenters. The molecule has 70 valence electrons. The molecule has 0 aromatic heterocycles. The topological polar surface area (TPSA) is 46.2 Å². The lowest BCUT2D eigenvalue weighted by molar-refractivity contribution is 0.612. The van der Waals surface area contributed by atoms with Crippen LogP contribution >= 0.6 is 10.7 Å². The smallest absolute Gasteiger partial charge is 0.236 e. The molecular formula is C7H12ClNO2S. The molecule has 12 heavy (non-hydrogen) atoms. The van der Waals surface area contributed by atoms with E-state index >= 15 is 0 Å². The standard InChI is InChI=1S/C7H12ClNO2S/c1-7(9-2)5-3-4-6-12(8,10)11/h3-5,9H,6H2,1-2H3/b4-3-,7-5-. The molecule has 0 fully saturated rings. The van der Waals surface area contributed by atoms with Crippen LogP contribution in [-0.4, -0.2) is 21.2 Å². The lowest BCUT2D eigenvalue weighted by Gasteiger charge is -1.93. The number of allylic oxidation sites excluding steroid dienone is 3. The zero-order chi connectivity index (χ0) is 9.61. The van der Waals surface area contributed by atoms with Crippen LogP contribution in [0.4, 0.5) is 0 Å². The van der Waals surface area contributed by atoms with E-state index in [-0.39, 0.29) is 5.75 Å². The van der Waals surface area contributed by atoms with Crippen molar-refractivity contribution in [2.75, 3.05) is 12.8 Å². The first-order chi connectivity index (χ1) is 5.45. The first-order valence-electron chi connectivity index (χ1n) is 3.39. The summed E-state index contributed by atoms with van der Waals surface area (Å²) in [6.45, 7) is 1.87. The molecule has 0 aliphatic carbocycles. The fourth-order valence-electron chi connectivity index (χ4n) is 0.466. The zero-order valence-electron chi connectivity index (χ0n) is 7.04. The number of hydrogen-bond donors (Lipinski definition) is 1. The summed E-state index contributed by atoms with van der Waals surface area (Å²) < 4.78 is 20.8. The van der Waals surface area contributed by atoms with Crippen LogP contribution in [0.25, 0.3) is 0 Å². The Morgan fingerprint density at radius 1 is 1.58 bits per heavy atom. The second kappa shape index (κ2) is 5.22. The highest BCUT2D eigenvalue weighted by Gasteiger charge is 1.98. The maximum atomic E-state index is 10.4. The van der Waals surface area contributed by atoms with Gasteiger partial charge in [-0.3, -0.25) is 0 Å². The SMILES string of the molecule is CN/C(C)=C\C=C/CS(=O)(=O)Cl. The highest BCUT2D eigenvalue weighted by atomic mass is 35.7. The highest BCUT2D eigenvalue weighted by Crippen LogP contribution is 1.96. The molecule has 0 unspecified atom stereocenters. The summed E-state index contributed by atoms with van der Waals surface area (Å²) in [5.74, 6) is -0.137. The molecule has 0 radical (unpaired) electrons. The Hall–Kier alpha value is -0.480. The molecule has 1 N–H and O–H groups in total. The van der Waals surface area contributed by atoms with Gasteiger partial charge < -0.3 is 5.32 Å². The zero-order valence-corrected chi connectivity index (χ0v) is 8.61. The second-order valence-electron chi connectivity index (χ2n) is 2.23. The van der Waals surface area contributed by atoms with E-state index < -0.39 is 9.05 Å². The maximum Gasteiger partial charge on any atom is 0.236 e. The van der Waals surface area contributed by atoms with E-state index in [4.69, 9.17) is 10.7 Å². The van der Waals surface area contributed by atoms with Crippen LogP contribution in [-0.2, 0) is 9.05 Å². The molecule has 0 rings (SSSR count). The van der Waals surface area contributed by atoms with Crippen LogP contribution in [0.5, 0.6) is 0 Å². The summed E-state index contributed by atoms with van der Waals surface area (Å²) in [4.78, 5) is 0. The van der Waals surface area contributed by atoms with E-state index in [0.717, 1.165) is 5.70 Å². The Morgan fingerprint density at radius 3 is 2.58 bits per heavy atom. The average molecular weight is 210 g/mol. The van der Waals surface area contributed by atoms with Crippen LogP contribution in [0.2, 0.25) is 0 Å². The quantitative estimate of drug-likeness (QED) is 0.560. The maximum absolute atomic E-state index is 10.4. The highest BCUT2D eigenvalue weighted by molar-refractivity contribution is 8.13. The number of nitrogens with one attached hydrogen (secondary N) is 1. The molecule has 0 heterocycles. The van der Waals surface area contributed by atoms with Gasteiger partial charge in [0.25, 0.3) is 0 Å². The van der Waals surface area contributed by atoms with E-state index in [9.17, 15) is 8.42 Å². The van der Waals surface area contributed by atoms with Crippen LogP contribution in [0.3, 0.4) is 0 Å². The summed E-state index contributed by atoms with van der Waals surface area (Å²) in [6.07, 6.45) is 4.90. The van der Waals surface area contributed by atoms with Gasteiger partial charge in [-0.25, -0.2) is 8.42 Å². The van der Waals surface area contributed by atoms with Gasteiger partial charge in [-0.15, -0.1) is 0 Å². The molecule has 0 aromatic rings. The van der Waals surface area contributed by atoms with Gasteiger partial charge in [0, 0.05) is 23.4 Å². The molecular weight excluding hydrogens is 198 g/mol. The van der Waals surface area contributed by atoms with Gasteiger partial charge in [0.05, 0.1) is 5.75 Å². The van der Waals surface area contributed by atoms with Crippen molar-refractivity contribution >= 4 is 19.7 Å². The predicted octanol–water partition coefficient (Wildman–Crippen LogP) is 1.23. The summed E-state index contributed by atoms with van der Waals surface area (Å²) >= 11 is 0. The minimum Gasteiger partial charge on any atom is -0.392 e. The third kappa shape index (κ3) is 7.63. The van der Waals surface area contributed by atoms with E-state index in [1.54, 1.807) is 19.2 Å². The van der Waals surface area contributed by atoms with Crippen molar-refractivity contribution in [3.05, 3.63) is 23.9 Å². The Bertz CT molecular complexity index is 280. The fourth-order valence-corrected chi connectivity index (χ4v) is 1.03. The Morgan fingerprint density at radius 2 is 2.17 bits per heavy atom. The third-order valence-electron chi connectivity index (χ3n) is 1.17. The molecule has 3 nitrogen and oxygen atoms in total. The van der Waals surface area contributed by atoms with Crippen molar-refractivity contribution in [3.8, 4) is 0 Å². The summed E-state index contributed by atoms with van der Waals surface area (Å²) in [5, 5.41) is 2.89. The largest absolute Gasteiger partial charge is 0.392 e. The molecule has 0 aliphatic rings. The molecule has 0 amide bonds. The average Bonchev–Trinajstić information content (AvgIpc) is 1.96. The lowest BCUT2D eigenvalue weighted by Crippen LogP contribution is -2.00. The van der Waals surface area contributed by atoms with Crippen LogP contribution < -0.4 is 5.32 Å². The minimum absolute atomic E-state index is 0.137. The van der Waals surface area contributed by atoms with Gasteiger partial charge in [0.15, 0.2) is 0 Å². The van der Waals surface area contributed by atoms with Gasteiger partial charge in [-0.1, -0.05) is 12.2 Å². The summed E-state index contributed by atoms with van der Waals surface area (Å²) in [7, 11) is 3.36. The minimum atomic E-state index is -3.39. The Labute approximate surface area is 77.5 Å². The molecule has 0 bridgehead atoms. The number of halogens is 1. The normalized spacial score (nSPS) is 13.8.